The molecule has 0 aromatic carbocycles. The molecule has 0 aromatic rings. The van der Waals surface area contributed by atoms with Crippen LogP contribution in [0.2, 0.25) is 0 Å². The van der Waals surface area contributed by atoms with Crippen molar-refractivity contribution >= 4 is 0 Å². The summed E-state index contributed by atoms with van der Waals surface area (Å²) in [6.45, 7) is 10.6. The number of hydrogen-bond acceptors (Lipinski definition) is 3. The first kappa shape index (κ1) is 12.9. The maximum atomic E-state index is 3.45. The summed E-state index contributed by atoms with van der Waals surface area (Å²) in [4.78, 5) is 4.91. The summed E-state index contributed by atoms with van der Waals surface area (Å²) in [7, 11) is 4.33. The Labute approximate surface area is 94.8 Å². The monoisotopic (exact) mass is 213 g/mol. The predicted molar refractivity (Wildman–Crippen MR) is 66.2 cm³/mol. The lowest BCUT2D eigenvalue weighted by Crippen LogP contribution is -2.38. The minimum Gasteiger partial charge on any atom is -0.317 e. The van der Waals surface area contributed by atoms with Crippen LogP contribution in [-0.2, 0) is 0 Å². The van der Waals surface area contributed by atoms with Crippen LogP contribution in [0, 0.1) is 5.92 Å². The van der Waals surface area contributed by atoms with E-state index in [4.69, 9.17) is 0 Å². The van der Waals surface area contributed by atoms with Crippen molar-refractivity contribution in [3.63, 3.8) is 0 Å². The van der Waals surface area contributed by atoms with Gasteiger partial charge in [-0.15, -0.1) is 0 Å². The van der Waals surface area contributed by atoms with E-state index in [-0.39, 0.29) is 0 Å². The maximum Gasteiger partial charge on any atom is 0.0188 e. The molecule has 0 saturated carbocycles. The zero-order valence-electron chi connectivity index (χ0n) is 10.8. The highest BCUT2D eigenvalue weighted by Crippen LogP contribution is 2.15. The van der Waals surface area contributed by atoms with Crippen LogP contribution >= 0.6 is 0 Å². The van der Waals surface area contributed by atoms with E-state index in [1.54, 1.807) is 0 Å². The molecule has 2 unspecified atom stereocenters. The minimum atomic E-state index is 0.669. The molecular formula is C12H27N3. The van der Waals surface area contributed by atoms with Crippen molar-refractivity contribution in [1.82, 2.24) is 15.1 Å². The average molecular weight is 213 g/mol. The van der Waals surface area contributed by atoms with Gasteiger partial charge in [-0.3, -0.25) is 0 Å². The highest BCUT2D eigenvalue weighted by Gasteiger charge is 2.23. The van der Waals surface area contributed by atoms with Crippen molar-refractivity contribution in [2.24, 2.45) is 5.92 Å². The van der Waals surface area contributed by atoms with Crippen LogP contribution in [0.3, 0.4) is 0 Å². The van der Waals surface area contributed by atoms with Gasteiger partial charge in [-0.1, -0.05) is 6.92 Å². The van der Waals surface area contributed by atoms with Gasteiger partial charge in [-0.25, -0.2) is 0 Å². The normalized spacial score (nSPS) is 25.0. The maximum absolute atomic E-state index is 3.45. The SMILES string of the molecule is CCNCC1CCN(CC(C)N(C)C)C1. The van der Waals surface area contributed by atoms with Gasteiger partial charge < -0.3 is 15.1 Å². The zero-order valence-corrected chi connectivity index (χ0v) is 10.8. The number of hydrogen-bond donors (Lipinski definition) is 1. The molecule has 0 spiro atoms. The molecule has 1 N–H and O–H groups in total. The highest BCUT2D eigenvalue weighted by molar-refractivity contribution is 4.79. The largest absolute Gasteiger partial charge is 0.317 e. The standard InChI is InChI=1S/C12H27N3/c1-5-13-8-12-6-7-15(10-12)9-11(2)14(3)4/h11-13H,5-10H2,1-4H3. The summed E-state index contributed by atoms with van der Waals surface area (Å²) in [6.07, 6.45) is 1.37. The number of likely N-dealkylation sites (N-methyl/N-ethyl adjacent to an activating group) is 1. The Morgan fingerprint density at radius 3 is 2.80 bits per heavy atom. The van der Waals surface area contributed by atoms with Gasteiger partial charge in [0.05, 0.1) is 0 Å². The first-order valence-electron chi connectivity index (χ1n) is 6.23. The van der Waals surface area contributed by atoms with Crippen LogP contribution < -0.4 is 5.32 Å². The molecule has 1 rings (SSSR count). The Kier molecular flexibility index (Phi) is 5.58. The van der Waals surface area contributed by atoms with E-state index in [1.807, 2.05) is 0 Å². The van der Waals surface area contributed by atoms with Gasteiger partial charge >= 0.3 is 0 Å². The van der Waals surface area contributed by atoms with Crippen molar-refractivity contribution in [3.05, 3.63) is 0 Å². The van der Waals surface area contributed by atoms with Crippen molar-refractivity contribution in [2.45, 2.75) is 26.3 Å². The summed E-state index contributed by atoms with van der Waals surface area (Å²) >= 11 is 0. The molecule has 15 heavy (non-hydrogen) atoms. The van der Waals surface area contributed by atoms with Gasteiger partial charge in [0.15, 0.2) is 0 Å². The molecule has 1 saturated heterocycles. The molecule has 0 bridgehead atoms. The second-order valence-corrected chi connectivity index (χ2v) is 5.03. The summed E-state index contributed by atoms with van der Waals surface area (Å²) in [5.74, 6) is 0.874. The average Bonchev–Trinajstić information content (AvgIpc) is 2.62. The van der Waals surface area contributed by atoms with Gasteiger partial charge in [0, 0.05) is 19.1 Å². The molecule has 1 fully saturated rings. The second-order valence-electron chi connectivity index (χ2n) is 5.03. The molecule has 0 radical (unpaired) electrons. The highest BCUT2D eigenvalue weighted by atomic mass is 15.2. The third-order valence-corrected chi connectivity index (χ3v) is 3.46. The number of likely N-dealkylation sites (tertiary alicyclic amines) is 1. The van der Waals surface area contributed by atoms with Crippen molar-refractivity contribution < 1.29 is 0 Å². The topological polar surface area (TPSA) is 18.5 Å². The van der Waals surface area contributed by atoms with Gasteiger partial charge in [-0.05, 0) is 53.0 Å². The summed E-state index contributed by atoms with van der Waals surface area (Å²) in [6, 6.07) is 0.669. The van der Waals surface area contributed by atoms with E-state index in [0.29, 0.717) is 6.04 Å². The fourth-order valence-corrected chi connectivity index (χ4v) is 2.13. The van der Waals surface area contributed by atoms with Crippen LogP contribution in [0.4, 0.5) is 0 Å². The van der Waals surface area contributed by atoms with E-state index in [2.05, 4.69) is 43.1 Å². The third kappa shape index (κ3) is 4.49. The summed E-state index contributed by atoms with van der Waals surface area (Å²) < 4.78 is 0. The van der Waals surface area contributed by atoms with Gasteiger partial charge in [-0.2, -0.15) is 0 Å². The van der Waals surface area contributed by atoms with Crippen LogP contribution in [0.1, 0.15) is 20.3 Å². The number of nitrogens with zero attached hydrogens (tertiary/aromatic N) is 2. The Hall–Kier alpha value is -0.120. The lowest BCUT2D eigenvalue weighted by molar-refractivity contribution is 0.215. The fraction of sp³-hybridized carbons (Fsp3) is 1.00. The van der Waals surface area contributed by atoms with Gasteiger partial charge in [0.2, 0.25) is 0 Å². The molecule has 1 heterocycles. The Morgan fingerprint density at radius 1 is 1.47 bits per heavy atom. The molecule has 3 nitrogen and oxygen atoms in total. The van der Waals surface area contributed by atoms with Crippen molar-refractivity contribution in [3.8, 4) is 0 Å². The zero-order chi connectivity index (χ0) is 11.3. The van der Waals surface area contributed by atoms with Crippen LogP contribution in [0.5, 0.6) is 0 Å². The Morgan fingerprint density at radius 2 is 2.20 bits per heavy atom. The van der Waals surface area contributed by atoms with Crippen molar-refractivity contribution in [1.29, 1.82) is 0 Å². The van der Waals surface area contributed by atoms with Crippen LogP contribution in [0.25, 0.3) is 0 Å². The van der Waals surface area contributed by atoms with Gasteiger partial charge in [0.25, 0.3) is 0 Å². The molecular weight excluding hydrogens is 186 g/mol. The smallest absolute Gasteiger partial charge is 0.0188 e. The Bertz CT molecular complexity index is 170. The molecule has 2 atom stereocenters. The number of nitrogens with one attached hydrogen (secondary N) is 1. The van der Waals surface area contributed by atoms with E-state index in [0.717, 1.165) is 12.5 Å². The molecule has 1 aliphatic rings. The van der Waals surface area contributed by atoms with Crippen LogP contribution in [-0.4, -0.2) is 62.7 Å². The second kappa shape index (κ2) is 6.46. The quantitative estimate of drug-likeness (QED) is 0.706. The summed E-state index contributed by atoms with van der Waals surface area (Å²) in [5.41, 5.74) is 0. The van der Waals surface area contributed by atoms with E-state index < -0.39 is 0 Å². The first-order chi connectivity index (χ1) is 7.13. The first-order valence-corrected chi connectivity index (χ1v) is 6.23. The lowest BCUT2D eigenvalue weighted by Gasteiger charge is -2.25. The molecule has 0 aliphatic carbocycles. The Balaban J connectivity index is 2.18. The van der Waals surface area contributed by atoms with Gasteiger partial charge in [0.1, 0.15) is 0 Å². The molecule has 1 aliphatic heterocycles. The molecule has 90 valence electrons. The van der Waals surface area contributed by atoms with Crippen LogP contribution in [0.15, 0.2) is 0 Å². The summed E-state index contributed by atoms with van der Waals surface area (Å²) in [5, 5.41) is 3.45. The fourth-order valence-electron chi connectivity index (χ4n) is 2.13. The molecule has 0 aromatic heterocycles. The van der Waals surface area contributed by atoms with Crippen molar-refractivity contribution in [2.75, 3.05) is 46.8 Å². The molecule has 3 heteroatoms. The minimum absolute atomic E-state index is 0.669. The number of rotatable bonds is 6. The van der Waals surface area contributed by atoms with E-state index in [9.17, 15) is 0 Å². The predicted octanol–water partition coefficient (Wildman–Crippen LogP) is 0.868. The lowest BCUT2D eigenvalue weighted by atomic mass is 10.1. The van der Waals surface area contributed by atoms with E-state index >= 15 is 0 Å². The molecule has 0 amide bonds. The van der Waals surface area contributed by atoms with E-state index in [1.165, 1.54) is 32.6 Å². The third-order valence-electron chi connectivity index (χ3n) is 3.46.